The lowest BCUT2D eigenvalue weighted by atomic mass is 9.89. The molecule has 166 valence electrons. The molecule has 2 saturated heterocycles. The van der Waals surface area contributed by atoms with E-state index >= 15 is 0 Å². The van der Waals surface area contributed by atoms with Crippen LogP contribution in [-0.2, 0) is 16.0 Å². The monoisotopic (exact) mass is 422 g/mol. The van der Waals surface area contributed by atoms with Crippen molar-refractivity contribution in [3.63, 3.8) is 0 Å². The maximum Gasteiger partial charge on any atom is 0.252 e. The summed E-state index contributed by atoms with van der Waals surface area (Å²) < 4.78 is 11.6. The van der Waals surface area contributed by atoms with E-state index in [1.165, 1.54) is 12.8 Å². The maximum atomic E-state index is 13.3. The molecule has 4 rings (SSSR count). The topological polar surface area (TPSA) is 50.8 Å². The summed E-state index contributed by atoms with van der Waals surface area (Å²) in [6.07, 6.45) is 4.66. The van der Waals surface area contributed by atoms with E-state index in [4.69, 9.17) is 9.47 Å². The van der Waals surface area contributed by atoms with Crippen LogP contribution >= 0.6 is 0 Å². The van der Waals surface area contributed by atoms with Crippen molar-refractivity contribution >= 4 is 5.91 Å². The molecule has 0 saturated carbocycles. The van der Waals surface area contributed by atoms with E-state index in [1.54, 1.807) is 7.11 Å². The number of hydrogen-bond acceptors (Lipinski definition) is 4. The molecule has 2 unspecified atom stereocenters. The Labute approximate surface area is 185 Å². The molecule has 2 fully saturated rings. The van der Waals surface area contributed by atoms with Gasteiger partial charge in [0.05, 0.1) is 7.11 Å². The number of rotatable bonds is 7. The van der Waals surface area contributed by atoms with E-state index in [1.807, 2.05) is 18.2 Å². The molecule has 2 aromatic carbocycles. The number of piperidine rings is 1. The van der Waals surface area contributed by atoms with Gasteiger partial charge in [0, 0.05) is 31.7 Å². The molecule has 1 amide bonds. The molecule has 5 nitrogen and oxygen atoms in total. The average Bonchev–Trinajstić information content (AvgIpc) is 3.27. The summed E-state index contributed by atoms with van der Waals surface area (Å²) in [4.78, 5) is 15.6. The molecule has 0 aromatic heterocycles. The SMILES string of the molecule is COc1ccccc1-c1cccc(CC2(C(=O)NCC3CCCN(C)C3)CCCO2)c1. The molecule has 0 aliphatic carbocycles. The fourth-order valence-electron chi connectivity index (χ4n) is 5.00. The third kappa shape index (κ3) is 5.10. The van der Waals surface area contributed by atoms with Crippen LogP contribution in [-0.4, -0.2) is 56.8 Å². The van der Waals surface area contributed by atoms with E-state index in [0.29, 0.717) is 18.9 Å². The lowest BCUT2D eigenvalue weighted by Crippen LogP contribution is -2.50. The fraction of sp³-hybridized carbons (Fsp3) is 0.500. The first-order valence-corrected chi connectivity index (χ1v) is 11.4. The Morgan fingerprint density at radius 3 is 2.87 bits per heavy atom. The van der Waals surface area contributed by atoms with Crippen LogP contribution in [0.1, 0.15) is 31.2 Å². The molecule has 1 N–H and O–H groups in total. The number of nitrogens with one attached hydrogen (secondary N) is 1. The minimum absolute atomic E-state index is 0.0425. The second-order valence-electron chi connectivity index (χ2n) is 9.00. The highest BCUT2D eigenvalue weighted by atomic mass is 16.5. The molecule has 0 bridgehead atoms. The van der Waals surface area contributed by atoms with E-state index in [0.717, 1.165) is 54.9 Å². The summed E-state index contributed by atoms with van der Waals surface area (Å²) in [5.41, 5.74) is 2.49. The smallest absolute Gasteiger partial charge is 0.252 e. The van der Waals surface area contributed by atoms with Crippen LogP contribution in [0.2, 0.25) is 0 Å². The van der Waals surface area contributed by atoms with Crippen molar-refractivity contribution in [2.45, 2.75) is 37.7 Å². The van der Waals surface area contributed by atoms with Gasteiger partial charge in [0.25, 0.3) is 5.91 Å². The Morgan fingerprint density at radius 2 is 2.10 bits per heavy atom. The highest BCUT2D eigenvalue weighted by Gasteiger charge is 2.42. The first-order valence-electron chi connectivity index (χ1n) is 11.4. The summed E-state index contributed by atoms with van der Waals surface area (Å²) in [7, 11) is 3.85. The largest absolute Gasteiger partial charge is 0.496 e. The maximum absolute atomic E-state index is 13.3. The predicted octanol–water partition coefficient (Wildman–Crippen LogP) is 3.91. The first-order chi connectivity index (χ1) is 15.1. The number of benzene rings is 2. The zero-order chi connectivity index (χ0) is 21.7. The Morgan fingerprint density at radius 1 is 1.23 bits per heavy atom. The number of ether oxygens (including phenoxy) is 2. The van der Waals surface area contributed by atoms with Crippen molar-refractivity contribution in [1.82, 2.24) is 10.2 Å². The van der Waals surface area contributed by atoms with Crippen molar-refractivity contribution in [3.05, 3.63) is 54.1 Å². The Hall–Kier alpha value is -2.37. The third-order valence-electron chi connectivity index (χ3n) is 6.63. The van der Waals surface area contributed by atoms with Gasteiger partial charge in [0.15, 0.2) is 5.60 Å². The number of methoxy groups -OCH3 is 1. The summed E-state index contributed by atoms with van der Waals surface area (Å²) in [5.74, 6) is 1.41. The normalized spacial score (nSPS) is 24.1. The number of amides is 1. The molecule has 5 heteroatoms. The van der Waals surface area contributed by atoms with E-state index in [9.17, 15) is 4.79 Å². The van der Waals surface area contributed by atoms with Crippen LogP contribution in [0, 0.1) is 5.92 Å². The number of carbonyl (C=O) groups excluding carboxylic acids is 1. The fourth-order valence-corrected chi connectivity index (χ4v) is 5.00. The molecule has 0 radical (unpaired) electrons. The summed E-state index contributed by atoms with van der Waals surface area (Å²) >= 11 is 0. The van der Waals surface area contributed by atoms with E-state index < -0.39 is 5.60 Å². The summed E-state index contributed by atoms with van der Waals surface area (Å²) in [5, 5.41) is 3.23. The van der Waals surface area contributed by atoms with Crippen molar-refractivity contribution in [3.8, 4) is 16.9 Å². The van der Waals surface area contributed by atoms with Crippen LogP contribution in [0.5, 0.6) is 5.75 Å². The molecule has 2 aliphatic rings. The summed E-state index contributed by atoms with van der Waals surface area (Å²) in [6, 6.07) is 16.4. The molecule has 31 heavy (non-hydrogen) atoms. The van der Waals surface area contributed by atoms with Crippen molar-refractivity contribution in [1.29, 1.82) is 0 Å². The number of nitrogens with zero attached hydrogens (tertiary/aromatic N) is 1. The standard InChI is InChI=1S/C26H34N2O3/c1-28-14-6-9-21(19-28)18-27-25(29)26(13-7-15-31-26)17-20-8-5-10-22(16-20)23-11-3-4-12-24(23)30-2/h3-5,8,10-12,16,21H,6-7,9,13-15,17-19H2,1-2H3,(H,27,29). The van der Waals surface area contributed by atoms with Crippen LogP contribution in [0.15, 0.2) is 48.5 Å². The quantitative estimate of drug-likeness (QED) is 0.735. The number of likely N-dealkylation sites (tertiary alicyclic amines) is 1. The zero-order valence-corrected chi connectivity index (χ0v) is 18.7. The van der Waals surface area contributed by atoms with Gasteiger partial charge in [-0.1, -0.05) is 42.5 Å². The van der Waals surface area contributed by atoms with Gasteiger partial charge in [-0.3, -0.25) is 4.79 Å². The van der Waals surface area contributed by atoms with Gasteiger partial charge < -0.3 is 19.7 Å². The third-order valence-corrected chi connectivity index (χ3v) is 6.63. The van der Waals surface area contributed by atoms with E-state index in [2.05, 4.69) is 47.6 Å². The molecule has 2 aromatic rings. The van der Waals surface area contributed by atoms with Crippen molar-refractivity contribution in [2.75, 3.05) is 40.4 Å². The number of para-hydroxylation sites is 1. The summed E-state index contributed by atoms with van der Waals surface area (Å²) in [6.45, 7) is 3.58. The van der Waals surface area contributed by atoms with Crippen LogP contribution in [0.3, 0.4) is 0 Å². The van der Waals surface area contributed by atoms with Crippen LogP contribution in [0.25, 0.3) is 11.1 Å². The molecule has 2 atom stereocenters. The van der Waals surface area contributed by atoms with E-state index in [-0.39, 0.29) is 5.91 Å². The first kappa shape index (κ1) is 21.8. The number of carbonyl (C=O) groups is 1. The van der Waals surface area contributed by atoms with Crippen LogP contribution in [0.4, 0.5) is 0 Å². The number of hydrogen-bond donors (Lipinski definition) is 1. The van der Waals surface area contributed by atoms with Gasteiger partial charge >= 0.3 is 0 Å². The minimum atomic E-state index is -0.764. The van der Waals surface area contributed by atoms with Crippen molar-refractivity contribution < 1.29 is 14.3 Å². The molecular formula is C26H34N2O3. The zero-order valence-electron chi connectivity index (χ0n) is 18.7. The minimum Gasteiger partial charge on any atom is -0.496 e. The molecule has 0 spiro atoms. The molecule has 2 heterocycles. The van der Waals surface area contributed by atoms with Gasteiger partial charge in [-0.05, 0) is 62.4 Å². The molecule has 2 aliphatic heterocycles. The Balaban J connectivity index is 1.48. The van der Waals surface area contributed by atoms with Crippen molar-refractivity contribution in [2.24, 2.45) is 5.92 Å². The molecular weight excluding hydrogens is 388 g/mol. The highest BCUT2D eigenvalue weighted by molar-refractivity contribution is 5.86. The lowest BCUT2D eigenvalue weighted by molar-refractivity contribution is -0.141. The van der Waals surface area contributed by atoms with Gasteiger partial charge in [-0.25, -0.2) is 0 Å². The van der Waals surface area contributed by atoms with Gasteiger partial charge in [-0.2, -0.15) is 0 Å². The van der Waals surface area contributed by atoms with Gasteiger partial charge in [-0.15, -0.1) is 0 Å². The predicted molar refractivity (Wildman–Crippen MR) is 123 cm³/mol. The van der Waals surface area contributed by atoms with Crippen LogP contribution < -0.4 is 10.1 Å². The highest BCUT2D eigenvalue weighted by Crippen LogP contribution is 2.34. The van der Waals surface area contributed by atoms with Gasteiger partial charge in [0.1, 0.15) is 5.75 Å². The lowest BCUT2D eigenvalue weighted by Gasteiger charge is -2.32. The Bertz CT molecular complexity index is 892. The van der Waals surface area contributed by atoms with Gasteiger partial charge in [0.2, 0.25) is 0 Å². The average molecular weight is 423 g/mol. The Kier molecular flexibility index (Phi) is 6.93. The second-order valence-corrected chi connectivity index (χ2v) is 9.00. The second kappa shape index (κ2) is 9.84.